The maximum absolute atomic E-state index is 13.2. The maximum Gasteiger partial charge on any atom is 0.255 e. The maximum atomic E-state index is 13.2. The Bertz CT molecular complexity index is 1140. The second kappa shape index (κ2) is 8.40. The largest absolute Gasteiger partial charge is 0.341 e. The van der Waals surface area contributed by atoms with E-state index in [4.69, 9.17) is 16.6 Å². The van der Waals surface area contributed by atoms with E-state index >= 15 is 0 Å². The van der Waals surface area contributed by atoms with Crippen LogP contribution in [0, 0.1) is 12.8 Å². The molecule has 0 N–H and O–H groups in total. The van der Waals surface area contributed by atoms with Crippen molar-refractivity contribution >= 4 is 23.3 Å². The highest BCUT2D eigenvalue weighted by atomic mass is 35.5. The molecule has 0 bridgehead atoms. The molecule has 0 radical (unpaired) electrons. The summed E-state index contributed by atoms with van der Waals surface area (Å²) in [5.74, 6) is 0.545. The van der Waals surface area contributed by atoms with E-state index in [1.54, 1.807) is 36.1 Å². The monoisotopic (exact) mass is 422 g/mol. The lowest BCUT2D eigenvalue weighted by Gasteiger charge is -2.33. The van der Waals surface area contributed by atoms with Gasteiger partial charge in [-0.25, -0.2) is 4.98 Å². The summed E-state index contributed by atoms with van der Waals surface area (Å²) < 4.78 is 1.55. The van der Waals surface area contributed by atoms with Crippen molar-refractivity contribution in [3.05, 3.63) is 75.3 Å². The molecule has 154 valence electrons. The van der Waals surface area contributed by atoms with Crippen LogP contribution in [0.2, 0.25) is 5.02 Å². The van der Waals surface area contributed by atoms with Gasteiger partial charge in [0.1, 0.15) is 0 Å². The number of piperidine rings is 1. The first kappa shape index (κ1) is 20.3. The zero-order valence-corrected chi connectivity index (χ0v) is 17.8. The molecule has 2 aromatic heterocycles. The lowest BCUT2D eigenvalue weighted by Crippen LogP contribution is -2.42. The van der Waals surface area contributed by atoms with Crippen molar-refractivity contribution in [2.24, 2.45) is 13.0 Å². The molecule has 6 nitrogen and oxygen atoms in total. The van der Waals surface area contributed by atoms with Gasteiger partial charge in [0.25, 0.3) is 5.56 Å². The van der Waals surface area contributed by atoms with Crippen molar-refractivity contribution in [2.45, 2.75) is 19.8 Å². The van der Waals surface area contributed by atoms with Crippen LogP contribution in [0.1, 0.15) is 28.8 Å². The van der Waals surface area contributed by atoms with Gasteiger partial charge in [-0.2, -0.15) is 0 Å². The molecule has 1 aromatic carbocycles. The summed E-state index contributed by atoms with van der Waals surface area (Å²) in [5.41, 5.74) is 2.91. The average Bonchev–Trinajstić information content (AvgIpc) is 2.76. The SMILES string of the molecule is Cc1cc(Cl)ccc1C(=O)C1CCCN(c2nc(-c3ccncc3)cc(=O)n2C)C1. The number of aromatic nitrogens is 3. The summed E-state index contributed by atoms with van der Waals surface area (Å²) in [6, 6.07) is 10.6. The Balaban J connectivity index is 1.64. The predicted octanol–water partition coefficient (Wildman–Crippen LogP) is 3.90. The number of Topliss-reactive ketones (excluding diaryl/α,β-unsaturated/α-hetero) is 1. The number of hydrogen-bond acceptors (Lipinski definition) is 5. The van der Waals surface area contributed by atoms with E-state index in [1.807, 2.05) is 30.0 Å². The number of halogens is 1. The first-order valence-electron chi connectivity index (χ1n) is 9.98. The third-order valence-corrected chi connectivity index (χ3v) is 5.85. The van der Waals surface area contributed by atoms with Crippen molar-refractivity contribution < 1.29 is 4.79 Å². The summed E-state index contributed by atoms with van der Waals surface area (Å²) in [6.07, 6.45) is 5.03. The Hall–Kier alpha value is -2.99. The minimum atomic E-state index is -0.153. The fourth-order valence-corrected chi connectivity index (χ4v) is 4.20. The lowest BCUT2D eigenvalue weighted by atomic mass is 9.88. The molecule has 7 heteroatoms. The van der Waals surface area contributed by atoms with E-state index in [2.05, 4.69) is 4.98 Å². The van der Waals surface area contributed by atoms with E-state index in [0.29, 0.717) is 28.8 Å². The van der Waals surface area contributed by atoms with Crippen LogP contribution in [-0.4, -0.2) is 33.4 Å². The zero-order valence-electron chi connectivity index (χ0n) is 17.0. The molecule has 1 atom stereocenters. The summed E-state index contributed by atoms with van der Waals surface area (Å²) in [7, 11) is 1.72. The fraction of sp³-hybridized carbons (Fsp3) is 0.304. The lowest BCUT2D eigenvalue weighted by molar-refractivity contribution is 0.0906. The molecule has 0 aliphatic carbocycles. The molecule has 1 unspecified atom stereocenters. The number of benzene rings is 1. The highest BCUT2D eigenvalue weighted by Crippen LogP contribution is 2.27. The molecule has 0 spiro atoms. The van der Waals surface area contributed by atoms with E-state index < -0.39 is 0 Å². The van der Waals surface area contributed by atoms with Gasteiger partial charge in [0, 0.05) is 60.7 Å². The van der Waals surface area contributed by atoms with E-state index in [0.717, 1.165) is 30.5 Å². The van der Waals surface area contributed by atoms with Gasteiger partial charge in [0.2, 0.25) is 5.95 Å². The van der Waals surface area contributed by atoms with Gasteiger partial charge >= 0.3 is 0 Å². The molecular formula is C23H23ClN4O2. The summed E-state index contributed by atoms with van der Waals surface area (Å²) in [4.78, 5) is 36.6. The Morgan fingerprint density at radius 1 is 1.17 bits per heavy atom. The van der Waals surface area contributed by atoms with Gasteiger partial charge in [-0.1, -0.05) is 11.6 Å². The second-order valence-corrected chi connectivity index (χ2v) is 8.12. The third-order valence-electron chi connectivity index (χ3n) is 5.62. The van der Waals surface area contributed by atoms with Crippen LogP contribution < -0.4 is 10.5 Å². The van der Waals surface area contributed by atoms with Gasteiger partial charge in [-0.15, -0.1) is 0 Å². The van der Waals surface area contributed by atoms with Crippen molar-refractivity contribution in [1.82, 2.24) is 14.5 Å². The minimum Gasteiger partial charge on any atom is -0.341 e. The minimum absolute atomic E-state index is 0.115. The number of carbonyl (C=O) groups excluding carboxylic acids is 1. The summed E-state index contributed by atoms with van der Waals surface area (Å²) in [6.45, 7) is 3.19. The molecule has 1 aliphatic heterocycles. The highest BCUT2D eigenvalue weighted by Gasteiger charge is 2.29. The quantitative estimate of drug-likeness (QED) is 0.596. The Morgan fingerprint density at radius 2 is 1.93 bits per heavy atom. The van der Waals surface area contributed by atoms with E-state index in [1.165, 1.54) is 6.07 Å². The fourth-order valence-electron chi connectivity index (χ4n) is 3.98. The standard InChI is InChI=1S/C23H23ClN4O2/c1-15-12-18(24)5-6-19(15)22(30)17-4-3-11-28(14-17)23-26-20(13-21(29)27(23)2)16-7-9-25-10-8-16/h5-10,12-13,17H,3-4,11,14H2,1-2H3. The number of ketones is 1. The number of hydrogen-bond donors (Lipinski definition) is 0. The van der Waals surface area contributed by atoms with Crippen molar-refractivity contribution in [1.29, 1.82) is 0 Å². The second-order valence-electron chi connectivity index (χ2n) is 7.68. The molecule has 4 rings (SSSR count). The predicted molar refractivity (Wildman–Crippen MR) is 118 cm³/mol. The molecule has 0 saturated carbocycles. The van der Waals surface area contributed by atoms with E-state index in [9.17, 15) is 9.59 Å². The molecule has 1 fully saturated rings. The number of pyridine rings is 1. The molecule has 0 amide bonds. The van der Waals surface area contributed by atoms with Crippen LogP contribution in [0.4, 0.5) is 5.95 Å². The van der Waals surface area contributed by atoms with E-state index in [-0.39, 0.29) is 17.3 Å². The Kier molecular flexibility index (Phi) is 5.68. The highest BCUT2D eigenvalue weighted by molar-refractivity contribution is 6.30. The molecule has 30 heavy (non-hydrogen) atoms. The van der Waals surface area contributed by atoms with Gasteiger partial charge in [-0.3, -0.25) is 19.1 Å². The van der Waals surface area contributed by atoms with Crippen LogP contribution in [0.3, 0.4) is 0 Å². The van der Waals surface area contributed by atoms with Crippen LogP contribution in [0.15, 0.2) is 53.6 Å². The normalized spacial score (nSPS) is 16.5. The molecular weight excluding hydrogens is 400 g/mol. The third kappa shape index (κ3) is 4.00. The van der Waals surface area contributed by atoms with Crippen molar-refractivity contribution in [3.63, 3.8) is 0 Å². The number of aryl methyl sites for hydroxylation is 1. The average molecular weight is 423 g/mol. The molecule has 1 aliphatic rings. The van der Waals surface area contributed by atoms with Crippen LogP contribution in [0.5, 0.6) is 0 Å². The number of carbonyl (C=O) groups is 1. The Morgan fingerprint density at radius 3 is 2.67 bits per heavy atom. The van der Waals surface area contributed by atoms with Crippen LogP contribution in [0.25, 0.3) is 11.3 Å². The summed E-state index contributed by atoms with van der Waals surface area (Å²) in [5, 5.41) is 0.626. The van der Waals surface area contributed by atoms with Crippen LogP contribution >= 0.6 is 11.6 Å². The number of anilines is 1. The molecule has 1 saturated heterocycles. The number of nitrogens with zero attached hydrogens (tertiary/aromatic N) is 4. The van der Waals surface area contributed by atoms with Gasteiger partial charge in [-0.05, 0) is 55.7 Å². The first-order valence-corrected chi connectivity index (χ1v) is 10.4. The zero-order chi connectivity index (χ0) is 21.3. The Labute approximate surface area is 180 Å². The van der Waals surface area contributed by atoms with Crippen molar-refractivity contribution in [3.8, 4) is 11.3 Å². The summed E-state index contributed by atoms with van der Waals surface area (Å²) >= 11 is 6.04. The van der Waals surface area contributed by atoms with Gasteiger partial charge in [0.05, 0.1) is 5.69 Å². The van der Waals surface area contributed by atoms with Gasteiger partial charge in [0.15, 0.2) is 5.78 Å². The first-order chi connectivity index (χ1) is 14.4. The molecule has 3 heterocycles. The smallest absolute Gasteiger partial charge is 0.255 e. The molecule has 3 aromatic rings. The van der Waals surface area contributed by atoms with Crippen LogP contribution in [-0.2, 0) is 7.05 Å². The van der Waals surface area contributed by atoms with Gasteiger partial charge < -0.3 is 4.90 Å². The van der Waals surface area contributed by atoms with Crippen molar-refractivity contribution in [2.75, 3.05) is 18.0 Å². The number of rotatable bonds is 4. The topological polar surface area (TPSA) is 68.1 Å².